The van der Waals surface area contributed by atoms with Gasteiger partial charge in [-0.2, -0.15) is 0 Å². The number of hydrogen-bond donors (Lipinski definition) is 1. The molecular formula is C54H59N3. The topological polar surface area (TPSA) is 18.5 Å². The van der Waals surface area contributed by atoms with Crippen molar-refractivity contribution < 1.29 is 0 Å². The molecule has 3 atom stereocenters. The molecule has 3 nitrogen and oxygen atoms in total. The van der Waals surface area contributed by atoms with Crippen LogP contribution in [-0.4, -0.2) is 26.0 Å². The van der Waals surface area contributed by atoms with Crippen LogP contribution < -0.4 is 10.2 Å². The lowest BCUT2D eigenvalue weighted by Gasteiger charge is -2.27. The van der Waals surface area contributed by atoms with Crippen LogP contribution in [0.2, 0.25) is 0 Å². The van der Waals surface area contributed by atoms with Gasteiger partial charge >= 0.3 is 0 Å². The number of rotatable bonds is 15. The Bertz CT molecular complexity index is 2280. The molecule has 5 aromatic rings. The summed E-state index contributed by atoms with van der Waals surface area (Å²) in [5.41, 5.74) is 18.8. The maximum atomic E-state index is 4.13. The van der Waals surface area contributed by atoms with Crippen LogP contribution in [0.15, 0.2) is 170 Å². The number of hydrogen-bond acceptors (Lipinski definition) is 3. The van der Waals surface area contributed by atoms with Crippen LogP contribution in [0.5, 0.6) is 0 Å². The third-order valence-electron chi connectivity index (χ3n) is 11.1. The van der Waals surface area contributed by atoms with E-state index in [-0.39, 0.29) is 18.0 Å². The minimum absolute atomic E-state index is 0.0312. The summed E-state index contributed by atoms with van der Waals surface area (Å²) in [6.07, 6.45) is 16.6. The van der Waals surface area contributed by atoms with E-state index in [0.29, 0.717) is 0 Å². The molecule has 0 spiro atoms. The summed E-state index contributed by atoms with van der Waals surface area (Å²) in [5.74, 6) is 0.241. The molecule has 0 saturated heterocycles. The first-order valence-electron chi connectivity index (χ1n) is 20.5. The smallest absolute Gasteiger partial charge is 0.0526 e. The number of likely N-dealkylation sites (N-methyl/N-ethyl adjacent to an activating group) is 1. The summed E-state index contributed by atoms with van der Waals surface area (Å²) in [7, 11) is 6.44. The van der Waals surface area contributed by atoms with Gasteiger partial charge in [0.2, 0.25) is 0 Å². The third-order valence-corrected chi connectivity index (χ3v) is 11.1. The Kier molecular flexibility index (Phi) is 13.8. The molecule has 5 aromatic carbocycles. The van der Waals surface area contributed by atoms with Crippen molar-refractivity contribution in [1.82, 2.24) is 10.2 Å². The van der Waals surface area contributed by atoms with E-state index in [4.69, 9.17) is 0 Å². The highest BCUT2D eigenvalue weighted by atomic mass is 15.1. The number of benzene rings is 5. The van der Waals surface area contributed by atoms with Crippen molar-refractivity contribution in [2.24, 2.45) is 0 Å². The van der Waals surface area contributed by atoms with E-state index in [1.54, 1.807) is 0 Å². The van der Waals surface area contributed by atoms with Gasteiger partial charge in [0.25, 0.3) is 0 Å². The molecule has 1 aliphatic carbocycles. The molecule has 290 valence electrons. The van der Waals surface area contributed by atoms with Crippen molar-refractivity contribution in [3.05, 3.63) is 203 Å². The second kappa shape index (κ2) is 19.3. The maximum Gasteiger partial charge on any atom is 0.0526 e. The van der Waals surface area contributed by atoms with Crippen LogP contribution in [0.3, 0.4) is 0 Å². The highest BCUT2D eigenvalue weighted by Gasteiger charge is 2.19. The van der Waals surface area contributed by atoms with E-state index in [0.717, 1.165) is 47.5 Å². The minimum Gasteiger partial charge on any atom is -0.378 e. The summed E-state index contributed by atoms with van der Waals surface area (Å²) in [5, 5.41) is 3.96. The Morgan fingerprint density at radius 1 is 0.772 bits per heavy atom. The zero-order valence-electron chi connectivity index (χ0n) is 35.0. The first-order chi connectivity index (χ1) is 27.7. The second-order valence-corrected chi connectivity index (χ2v) is 15.3. The molecule has 0 radical (unpaired) electrons. The lowest BCUT2D eigenvalue weighted by molar-refractivity contribution is 0.351. The van der Waals surface area contributed by atoms with Crippen molar-refractivity contribution in [1.29, 1.82) is 0 Å². The molecule has 0 aliphatic heterocycles. The van der Waals surface area contributed by atoms with Gasteiger partial charge in [0.05, 0.1) is 6.04 Å². The fraction of sp³-hybridized carbons (Fsp3) is 0.241. The van der Waals surface area contributed by atoms with Crippen molar-refractivity contribution in [2.45, 2.75) is 65.0 Å². The van der Waals surface area contributed by atoms with E-state index in [9.17, 15) is 0 Å². The summed E-state index contributed by atoms with van der Waals surface area (Å²) >= 11 is 0. The molecule has 1 N–H and O–H groups in total. The van der Waals surface area contributed by atoms with Crippen molar-refractivity contribution >= 4 is 28.2 Å². The fourth-order valence-electron chi connectivity index (χ4n) is 7.77. The molecular weight excluding hydrogens is 691 g/mol. The van der Waals surface area contributed by atoms with Gasteiger partial charge in [-0.3, -0.25) is 4.90 Å². The van der Waals surface area contributed by atoms with E-state index >= 15 is 0 Å². The molecule has 3 heteroatoms. The predicted octanol–water partition coefficient (Wildman–Crippen LogP) is 14.1. The number of anilines is 2. The molecule has 3 unspecified atom stereocenters. The zero-order valence-corrected chi connectivity index (χ0v) is 35.0. The van der Waals surface area contributed by atoms with Gasteiger partial charge in [-0.1, -0.05) is 148 Å². The highest BCUT2D eigenvalue weighted by molar-refractivity contribution is 5.85. The molecule has 0 heterocycles. The van der Waals surface area contributed by atoms with E-state index < -0.39 is 0 Å². The van der Waals surface area contributed by atoms with E-state index in [1.807, 2.05) is 0 Å². The van der Waals surface area contributed by atoms with Crippen molar-refractivity contribution in [3.8, 4) is 11.1 Å². The van der Waals surface area contributed by atoms with Gasteiger partial charge in [0.15, 0.2) is 0 Å². The average Bonchev–Trinajstić information content (AvgIpc) is 3.26. The number of nitrogens with one attached hydrogen (secondary N) is 1. The van der Waals surface area contributed by atoms with Crippen molar-refractivity contribution in [2.75, 3.05) is 26.0 Å². The lowest BCUT2D eigenvalue weighted by Crippen LogP contribution is -2.19. The summed E-state index contributed by atoms with van der Waals surface area (Å²) in [6, 6.07) is 44.6. The fourth-order valence-corrected chi connectivity index (χ4v) is 7.77. The Morgan fingerprint density at radius 3 is 2.11 bits per heavy atom. The summed E-state index contributed by atoms with van der Waals surface area (Å²) in [4.78, 5) is 4.58. The predicted molar refractivity (Wildman–Crippen MR) is 248 cm³/mol. The minimum atomic E-state index is 0.0312. The molecule has 1 aliphatic rings. The Balaban J connectivity index is 1.40. The number of allylic oxidation sites excluding steroid dienone is 7. The van der Waals surface area contributed by atoms with Crippen LogP contribution in [-0.2, 0) is 0 Å². The quantitative estimate of drug-likeness (QED) is 0.0849. The van der Waals surface area contributed by atoms with Crippen LogP contribution in [0.4, 0.5) is 11.4 Å². The van der Waals surface area contributed by atoms with Gasteiger partial charge in [0.1, 0.15) is 0 Å². The van der Waals surface area contributed by atoms with E-state index in [1.165, 1.54) is 44.5 Å². The molecule has 0 amide bonds. The van der Waals surface area contributed by atoms with Gasteiger partial charge in [-0.25, -0.2) is 0 Å². The van der Waals surface area contributed by atoms with Gasteiger partial charge in [-0.05, 0) is 122 Å². The lowest BCUT2D eigenvalue weighted by atomic mass is 9.93. The van der Waals surface area contributed by atoms with Crippen molar-refractivity contribution in [3.63, 3.8) is 0 Å². The molecule has 0 bridgehead atoms. The second-order valence-electron chi connectivity index (χ2n) is 15.3. The first kappa shape index (κ1) is 40.8. The van der Waals surface area contributed by atoms with Gasteiger partial charge in [0, 0.05) is 47.2 Å². The SMILES string of the molecule is C=C=C(CC)c1cc(-c2ccc(C(/C=C\C)N(C)C)cc2)ccc1N(C)c1cc(C2=CCCC=C2)cc(C(C)N/C(=C\C(C)c2ccccc2)c2ccccc2)c1. The molecule has 0 fully saturated rings. The van der Waals surface area contributed by atoms with Crippen LogP contribution in [0.25, 0.3) is 28.0 Å². The summed E-state index contributed by atoms with van der Waals surface area (Å²) in [6.45, 7) is 12.9. The van der Waals surface area contributed by atoms with Gasteiger partial charge < -0.3 is 10.2 Å². The average molecular weight is 750 g/mol. The highest BCUT2D eigenvalue weighted by Crippen LogP contribution is 2.39. The molecule has 0 saturated carbocycles. The number of nitrogens with zero attached hydrogens (tertiary/aromatic N) is 2. The molecule has 6 rings (SSSR count). The Labute approximate surface area is 342 Å². The molecule has 57 heavy (non-hydrogen) atoms. The summed E-state index contributed by atoms with van der Waals surface area (Å²) < 4.78 is 0. The monoisotopic (exact) mass is 749 g/mol. The normalized spacial score (nSPS) is 14.5. The third kappa shape index (κ3) is 9.94. The van der Waals surface area contributed by atoms with Crippen LogP contribution >= 0.6 is 0 Å². The van der Waals surface area contributed by atoms with Crippen LogP contribution in [0, 0.1) is 0 Å². The largest absolute Gasteiger partial charge is 0.378 e. The first-order valence-corrected chi connectivity index (χ1v) is 20.5. The molecule has 0 aromatic heterocycles. The Hall–Kier alpha value is -5.86. The standard InChI is InChI=1S/C54H59N3/c1-9-21-53(56(6)7)46-30-28-44(29-31-46)47-32-33-54(51(38-47)41(10-2)11-3)57(8)50-36-48(35-49(37-50)43-24-17-13-18-25-43)40(5)55-52(45-26-19-14-20-27-45)34-39(4)42-22-15-12-16-23-42/h9,12,14-17,19-40,53,55H,2,11,13,18H2,1,3-8H3/b21-9-,52-34-. The van der Waals surface area contributed by atoms with E-state index in [2.05, 4.69) is 234 Å². The zero-order chi connectivity index (χ0) is 40.3. The Morgan fingerprint density at radius 2 is 1.47 bits per heavy atom. The maximum absolute atomic E-state index is 4.13. The van der Waals surface area contributed by atoms with Gasteiger partial charge in [-0.15, -0.1) is 5.73 Å². The van der Waals surface area contributed by atoms with Crippen LogP contribution in [0.1, 0.15) is 98.3 Å².